The monoisotopic (exact) mass is 991 g/mol. The van der Waals surface area contributed by atoms with Crippen molar-refractivity contribution in [2.75, 3.05) is 13.2 Å². The van der Waals surface area contributed by atoms with Crippen LogP contribution >= 0.6 is 0 Å². The van der Waals surface area contributed by atoms with E-state index in [1.54, 1.807) is 0 Å². The lowest BCUT2D eigenvalue weighted by Crippen LogP contribution is -2.30. The molecule has 0 aromatic carbocycles. The van der Waals surface area contributed by atoms with Crippen molar-refractivity contribution in [3.63, 3.8) is 0 Å². The van der Waals surface area contributed by atoms with Gasteiger partial charge in [-0.3, -0.25) is 14.4 Å². The highest BCUT2D eigenvalue weighted by molar-refractivity contribution is 5.71. The second kappa shape index (κ2) is 59.4. The summed E-state index contributed by atoms with van der Waals surface area (Å²) in [6.45, 7) is 6.51. The van der Waals surface area contributed by atoms with Crippen molar-refractivity contribution in [1.29, 1.82) is 0 Å². The topological polar surface area (TPSA) is 78.9 Å². The summed E-state index contributed by atoms with van der Waals surface area (Å²) in [5.74, 6) is -0.899. The Morgan fingerprint density at radius 1 is 0.296 bits per heavy atom. The number of rotatable bonds is 55. The molecule has 6 nitrogen and oxygen atoms in total. The number of carbonyl (C=O) groups excluding carboxylic acids is 3. The number of carbonyl (C=O) groups is 3. The van der Waals surface area contributed by atoms with Gasteiger partial charge in [0.05, 0.1) is 0 Å². The molecule has 0 aromatic rings. The molecular formula is C65H114O6. The largest absolute Gasteiger partial charge is 0.462 e. The molecule has 0 radical (unpaired) electrons. The Hall–Kier alpha value is -3.15. The smallest absolute Gasteiger partial charge is 0.306 e. The van der Waals surface area contributed by atoms with E-state index in [4.69, 9.17) is 14.2 Å². The lowest BCUT2D eigenvalue weighted by atomic mass is 10.0. The second-order valence-electron chi connectivity index (χ2n) is 20.2. The van der Waals surface area contributed by atoms with Crippen LogP contribution < -0.4 is 0 Å². The molecule has 0 fully saturated rings. The van der Waals surface area contributed by atoms with Gasteiger partial charge in [0.15, 0.2) is 6.10 Å². The van der Waals surface area contributed by atoms with E-state index >= 15 is 0 Å². The zero-order valence-corrected chi connectivity index (χ0v) is 47.0. The molecule has 0 rings (SSSR count). The lowest BCUT2D eigenvalue weighted by Gasteiger charge is -2.18. The van der Waals surface area contributed by atoms with Gasteiger partial charge in [0.25, 0.3) is 0 Å². The molecule has 0 bridgehead atoms. The van der Waals surface area contributed by atoms with Crippen LogP contribution in [0.2, 0.25) is 0 Å². The number of unbranched alkanes of at least 4 members (excludes halogenated alkanes) is 32. The van der Waals surface area contributed by atoms with Crippen LogP contribution in [0.25, 0.3) is 0 Å². The van der Waals surface area contributed by atoms with Gasteiger partial charge in [0.1, 0.15) is 13.2 Å². The standard InChI is InChI=1S/C65H114O6/c1-4-7-10-13-16-19-22-25-28-30-31-32-33-35-38-40-43-46-49-52-55-58-64(67)70-61-62(71-65(68)59-56-53-50-47-44-41-36-27-24-21-18-15-12-9-6-3)60-69-63(66)57-54-51-48-45-42-39-37-34-29-26-23-20-17-14-11-8-5-2/h9,12,17-18,20-21,25-29,36,62H,4-8,10-11,13-16,19,22-24,30-35,37-61H2,1-3H3/b12-9-,20-17-,21-18-,28-25-,29-26-,36-27-/t62-/m1/s1. The van der Waals surface area contributed by atoms with E-state index in [0.29, 0.717) is 19.3 Å². The quantitative estimate of drug-likeness (QED) is 0.0261. The van der Waals surface area contributed by atoms with Crippen LogP contribution in [0, 0.1) is 0 Å². The van der Waals surface area contributed by atoms with Gasteiger partial charge >= 0.3 is 17.9 Å². The first-order chi connectivity index (χ1) is 35.0. The molecule has 0 saturated carbocycles. The Labute approximate surface area is 440 Å². The van der Waals surface area contributed by atoms with Gasteiger partial charge in [-0.2, -0.15) is 0 Å². The van der Waals surface area contributed by atoms with E-state index in [9.17, 15) is 14.4 Å². The number of esters is 3. The zero-order valence-electron chi connectivity index (χ0n) is 47.0. The van der Waals surface area contributed by atoms with Gasteiger partial charge in [-0.05, 0) is 109 Å². The van der Waals surface area contributed by atoms with E-state index in [1.807, 2.05) is 0 Å². The maximum absolute atomic E-state index is 12.9. The molecule has 6 heteroatoms. The van der Waals surface area contributed by atoms with Crippen molar-refractivity contribution in [3.8, 4) is 0 Å². The third-order valence-electron chi connectivity index (χ3n) is 13.2. The van der Waals surface area contributed by atoms with E-state index in [0.717, 1.165) is 109 Å². The maximum Gasteiger partial charge on any atom is 0.306 e. The van der Waals surface area contributed by atoms with Crippen molar-refractivity contribution >= 4 is 17.9 Å². The van der Waals surface area contributed by atoms with E-state index in [2.05, 4.69) is 93.7 Å². The Balaban J connectivity index is 4.36. The number of allylic oxidation sites excluding steroid dienone is 12. The number of hydrogen-bond donors (Lipinski definition) is 0. The molecule has 0 aromatic heterocycles. The Kier molecular flexibility index (Phi) is 56.8. The average Bonchev–Trinajstić information content (AvgIpc) is 3.37. The fourth-order valence-electron chi connectivity index (χ4n) is 8.60. The highest BCUT2D eigenvalue weighted by Gasteiger charge is 2.19. The number of hydrogen-bond acceptors (Lipinski definition) is 6. The van der Waals surface area contributed by atoms with E-state index in [-0.39, 0.29) is 31.1 Å². The summed E-state index contributed by atoms with van der Waals surface area (Å²) in [5, 5.41) is 0. The minimum absolute atomic E-state index is 0.0843. The van der Waals surface area contributed by atoms with Crippen LogP contribution in [0.15, 0.2) is 72.9 Å². The molecule has 0 saturated heterocycles. The maximum atomic E-state index is 12.9. The summed E-state index contributed by atoms with van der Waals surface area (Å²) in [7, 11) is 0. The van der Waals surface area contributed by atoms with E-state index < -0.39 is 6.10 Å². The zero-order chi connectivity index (χ0) is 51.4. The van der Waals surface area contributed by atoms with E-state index in [1.165, 1.54) is 154 Å². The van der Waals surface area contributed by atoms with Gasteiger partial charge in [0, 0.05) is 19.3 Å². The first kappa shape index (κ1) is 67.8. The third kappa shape index (κ3) is 57.6. The molecule has 0 unspecified atom stereocenters. The minimum Gasteiger partial charge on any atom is -0.462 e. The molecule has 0 aliphatic heterocycles. The number of ether oxygens (including phenoxy) is 3. The summed E-state index contributed by atoms with van der Waals surface area (Å²) in [6, 6.07) is 0. The van der Waals surface area contributed by atoms with Crippen molar-refractivity contribution in [3.05, 3.63) is 72.9 Å². The molecule has 1 atom stereocenters. The van der Waals surface area contributed by atoms with Gasteiger partial charge < -0.3 is 14.2 Å². The Bertz CT molecular complexity index is 1320. The third-order valence-corrected chi connectivity index (χ3v) is 13.2. The first-order valence-electron chi connectivity index (χ1n) is 30.4. The van der Waals surface area contributed by atoms with Crippen molar-refractivity contribution < 1.29 is 28.6 Å². The first-order valence-corrected chi connectivity index (χ1v) is 30.4. The van der Waals surface area contributed by atoms with Crippen LogP contribution in [0.3, 0.4) is 0 Å². The van der Waals surface area contributed by atoms with Crippen molar-refractivity contribution in [2.24, 2.45) is 0 Å². The van der Waals surface area contributed by atoms with Crippen molar-refractivity contribution in [2.45, 2.75) is 309 Å². The van der Waals surface area contributed by atoms with Gasteiger partial charge in [-0.25, -0.2) is 0 Å². The predicted molar refractivity (Wildman–Crippen MR) is 307 cm³/mol. The van der Waals surface area contributed by atoms with Crippen molar-refractivity contribution in [1.82, 2.24) is 0 Å². The molecule has 71 heavy (non-hydrogen) atoms. The molecule has 0 amide bonds. The fourth-order valence-corrected chi connectivity index (χ4v) is 8.60. The summed E-state index contributed by atoms with van der Waals surface area (Å²) in [4.78, 5) is 38.2. The highest BCUT2D eigenvalue weighted by Crippen LogP contribution is 2.16. The van der Waals surface area contributed by atoms with Gasteiger partial charge in [-0.15, -0.1) is 0 Å². The SMILES string of the molecule is CC/C=C\C/C=C\C/C=C\CCCCCCCC(=O)O[C@H](COC(=O)CCCCCCCCC/C=C\C/C=C\CCCCC)COC(=O)CCCCCCCCCCCCC/C=C\CCCCCCCC. The molecule has 0 aliphatic carbocycles. The molecule has 0 N–H and O–H groups in total. The summed E-state index contributed by atoms with van der Waals surface area (Å²) >= 11 is 0. The van der Waals surface area contributed by atoms with Gasteiger partial charge in [-0.1, -0.05) is 248 Å². The molecule has 410 valence electrons. The summed E-state index contributed by atoms with van der Waals surface area (Å²) in [5.41, 5.74) is 0. The summed E-state index contributed by atoms with van der Waals surface area (Å²) < 4.78 is 16.9. The predicted octanol–water partition coefficient (Wildman–Crippen LogP) is 20.5. The van der Waals surface area contributed by atoms with Gasteiger partial charge in [0.2, 0.25) is 0 Å². The average molecular weight is 992 g/mol. The minimum atomic E-state index is -0.789. The Morgan fingerprint density at radius 3 is 0.901 bits per heavy atom. The normalized spacial score (nSPS) is 12.5. The van der Waals surface area contributed by atoms with Crippen LogP contribution in [0.5, 0.6) is 0 Å². The second-order valence-corrected chi connectivity index (χ2v) is 20.2. The van der Waals surface area contributed by atoms with Crippen LogP contribution in [0.4, 0.5) is 0 Å². The summed E-state index contributed by atoms with van der Waals surface area (Å²) in [6.07, 6.45) is 76.1. The molecule has 0 aliphatic rings. The van der Waals surface area contributed by atoms with Crippen LogP contribution in [-0.2, 0) is 28.6 Å². The van der Waals surface area contributed by atoms with Crippen LogP contribution in [0.1, 0.15) is 303 Å². The molecule has 0 spiro atoms. The highest BCUT2D eigenvalue weighted by atomic mass is 16.6. The molecule has 0 heterocycles. The fraction of sp³-hybridized carbons (Fsp3) is 0.769. The Morgan fingerprint density at radius 2 is 0.549 bits per heavy atom. The molecular weight excluding hydrogens is 877 g/mol. The lowest BCUT2D eigenvalue weighted by molar-refractivity contribution is -0.167. The van der Waals surface area contributed by atoms with Crippen LogP contribution in [-0.4, -0.2) is 37.2 Å².